The Kier molecular flexibility index (Phi) is 4.07. The number of rotatable bonds is 3. The number of guanidine groups is 1. The number of benzene rings is 1. The minimum atomic E-state index is 0.0714. The lowest BCUT2D eigenvalue weighted by Crippen LogP contribution is -2.72. The normalized spacial score (nSPS) is 19.0. The lowest BCUT2D eigenvalue weighted by molar-refractivity contribution is -0.0668. The molecule has 0 saturated carbocycles. The molecule has 1 fully saturated rings. The number of likely N-dealkylation sites (tertiary alicyclic amines) is 1. The fraction of sp³-hybridized carbons (Fsp3) is 0.500. The van der Waals surface area contributed by atoms with Crippen LogP contribution < -0.4 is 5.32 Å². The van der Waals surface area contributed by atoms with E-state index in [1.165, 1.54) is 0 Å². The molecule has 0 spiro atoms. The van der Waals surface area contributed by atoms with Gasteiger partial charge in [-0.3, -0.25) is 9.56 Å². The number of hydrogen-bond donors (Lipinski definition) is 1. The van der Waals surface area contributed by atoms with Gasteiger partial charge in [0.2, 0.25) is 0 Å². The Balaban J connectivity index is 1.72. The predicted octanol–water partition coefficient (Wildman–Crippen LogP) is 2.46. The standard InChI is InChI=1S/C18H26N6/c1-17(2)12-24(18(17,3)4)16(19-5)20-11-15-22-21-13-23(15)14-9-7-6-8-10-14/h6-10,13H,11-12H2,1-5H3,(H,19,20). The summed E-state index contributed by atoms with van der Waals surface area (Å²) in [7, 11) is 1.83. The number of aromatic nitrogens is 3. The van der Waals surface area contributed by atoms with Crippen molar-refractivity contribution in [3.05, 3.63) is 42.5 Å². The minimum Gasteiger partial charge on any atom is -0.349 e. The second-order valence-electron chi connectivity index (χ2n) is 7.38. The zero-order valence-electron chi connectivity index (χ0n) is 15.1. The van der Waals surface area contributed by atoms with Crippen molar-refractivity contribution in [3.63, 3.8) is 0 Å². The first-order valence-corrected chi connectivity index (χ1v) is 8.29. The molecule has 1 aliphatic rings. The van der Waals surface area contributed by atoms with Crippen LogP contribution >= 0.6 is 0 Å². The first-order valence-electron chi connectivity index (χ1n) is 8.29. The average molecular weight is 326 g/mol. The van der Waals surface area contributed by atoms with Crippen LogP contribution in [0.5, 0.6) is 0 Å². The van der Waals surface area contributed by atoms with Crippen molar-refractivity contribution in [1.29, 1.82) is 0 Å². The van der Waals surface area contributed by atoms with Gasteiger partial charge in [0, 0.05) is 30.2 Å². The summed E-state index contributed by atoms with van der Waals surface area (Å²) in [6.07, 6.45) is 1.74. The van der Waals surface area contributed by atoms with Crippen molar-refractivity contribution < 1.29 is 0 Å². The lowest BCUT2D eigenvalue weighted by atomic mass is 9.65. The number of aliphatic imine (C=N–C) groups is 1. The van der Waals surface area contributed by atoms with Gasteiger partial charge < -0.3 is 10.2 Å². The van der Waals surface area contributed by atoms with E-state index in [0.717, 1.165) is 24.0 Å². The van der Waals surface area contributed by atoms with Crippen molar-refractivity contribution in [3.8, 4) is 5.69 Å². The molecule has 1 saturated heterocycles. The van der Waals surface area contributed by atoms with Crippen LogP contribution in [0.2, 0.25) is 0 Å². The first-order chi connectivity index (χ1) is 11.4. The average Bonchev–Trinajstić information content (AvgIpc) is 3.03. The quantitative estimate of drug-likeness (QED) is 0.695. The van der Waals surface area contributed by atoms with E-state index < -0.39 is 0 Å². The molecular weight excluding hydrogens is 300 g/mol. The Morgan fingerprint density at radius 1 is 1.21 bits per heavy atom. The van der Waals surface area contributed by atoms with Crippen LogP contribution in [0.1, 0.15) is 33.5 Å². The highest BCUT2D eigenvalue weighted by Gasteiger charge is 2.53. The molecule has 6 nitrogen and oxygen atoms in total. The number of para-hydroxylation sites is 1. The summed E-state index contributed by atoms with van der Waals surface area (Å²) < 4.78 is 1.99. The smallest absolute Gasteiger partial charge is 0.194 e. The zero-order valence-corrected chi connectivity index (χ0v) is 15.1. The van der Waals surface area contributed by atoms with Crippen LogP contribution in [0.4, 0.5) is 0 Å². The Bertz CT molecular complexity index is 729. The lowest BCUT2D eigenvalue weighted by Gasteiger charge is -2.62. The van der Waals surface area contributed by atoms with Crippen LogP contribution in [0.3, 0.4) is 0 Å². The van der Waals surface area contributed by atoms with Crippen LogP contribution in [0, 0.1) is 5.41 Å². The maximum atomic E-state index is 4.45. The summed E-state index contributed by atoms with van der Waals surface area (Å²) in [6, 6.07) is 10.1. The SMILES string of the molecule is CN=C(NCc1nncn1-c1ccccc1)N1CC(C)(C)C1(C)C. The molecule has 6 heteroatoms. The molecule has 1 aromatic carbocycles. The van der Waals surface area contributed by atoms with E-state index in [4.69, 9.17) is 0 Å². The molecular formula is C18H26N6. The van der Waals surface area contributed by atoms with Gasteiger partial charge in [-0.2, -0.15) is 0 Å². The summed E-state index contributed by atoms with van der Waals surface area (Å²) in [5.74, 6) is 1.77. The topological polar surface area (TPSA) is 58.3 Å². The molecule has 0 atom stereocenters. The molecule has 2 heterocycles. The molecule has 24 heavy (non-hydrogen) atoms. The second kappa shape index (κ2) is 5.92. The number of nitrogens with zero attached hydrogens (tertiary/aromatic N) is 5. The van der Waals surface area contributed by atoms with Crippen molar-refractivity contribution in [2.45, 2.75) is 39.8 Å². The van der Waals surface area contributed by atoms with E-state index in [0.29, 0.717) is 6.54 Å². The summed E-state index contributed by atoms with van der Waals surface area (Å²) in [6.45, 7) is 10.7. The van der Waals surface area contributed by atoms with Gasteiger partial charge in [-0.1, -0.05) is 32.0 Å². The molecule has 0 bridgehead atoms. The molecule has 128 valence electrons. The Morgan fingerprint density at radius 3 is 2.50 bits per heavy atom. The van der Waals surface area contributed by atoms with Crippen LogP contribution in [-0.2, 0) is 6.54 Å². The molecule has 1 aromatic heterocycles. The third-order valence-electron chi connectivity index (χ3n) is 5.41. The van der Waals surface area contributed by atoms with E-state index in [2.05, 4.69) is 53.1 Å². The molecule has 0 radical (unpaired) electrons. The highest BCUT2D eigenvalue weighted by Crippen LogP contribution is 2.46. The van der Waals surface area contributed by atoms with E-state index in [9.17, 15) is 0 Å². The van der Waals surface area contributed by atoms with E-state index in [-0.39, 0.29) is 11.0 Å². The van der Waals surface area contributed by atoms with Gasteiger partial charge in [-0.15, -0.1) is 10.2 Å². The predicted molar refractivity (Wildman–Crippen MR) is 96.1 cm³/mol. The van der Waals surface area contributed by atoms with Gasteiger partial charge in [-0.25, -0.2) is 0 Å². The van der Waals surface area contributed by atoms with Crippen molar-refractivity contribution >= 4 is 5.96 Å². The zero-order chi connectivity index (χ0) is 17.4. The van der Waals surface area contributed by atoms with Gasteiger partial charge in [0.15, 0.2) is 11.8 Å². The van der Waals surface area contributed by atoms with Gasteiger partial charge in [-0.05, 0) is 26.0 Å². The highest BCUT2D eigenvalue weighted by atomic mass is 15.4. The summed E-state index contributed by atoms with van der Waals surface area (Å²) >= 11 is 0. The van der Waals surface area contributed by atoms with Crippen LogP contribution in [0.25, 0.3) is 5.69 Å². The molecule has 2 aromatic rings. The third-order valence-corrected chi connectivity index (χ3v) is 5.41. The Hall–Kier alpha value is -2.37. The van der Waals surface area contributed by atoms with Crippen molar-refractivity contribution in [1.82, 2.24) is 25.0 Å². The summed E-state index contributed by atoms with van der Waals surface area (Å²) in [4.78, 5) is 6.76. The monoisotopic (exact) mass is 326 g/mol. The molecule has 3 rings (SSSR count). The number of nitrogens with one attached hydrogen (secondary N) is 1. The van der Waals surface area contributed by atoms with Crippen molar-refractivity contribution in [2.24, 2.45) is 10.4 Å². The largest absolute Gasteiger partial charge is 0.349 e. The van der Waals surface area contributed by atoms with Crippen LogP contribution in [-0.4, -0.2) is 44.8 Å². The molecule has 0 amide bonds. The van der Waals surface area contributed by atoms with Gasteiger partial charge in [0.25, 0.3) is 0 Å². The maximum Gasteiger partial charge on any atom is 0.194 e. The van der Waals surface area contributed by atoms with E-state index in [1.807, 2.05) is 41.9 Å². The maximum absolute atomic E-state index is 4.45. The van der Waals surface area contributed by atoms with Crippen LogP contribution in [0.15, 0.2) is 41.7 Å². The molecule has 1 N–H and O–H groups in total. The number of hydrogen-bond acceptors (Lipinski definition) is 3. The van der Waals surface area contributed by atoms with Gasteiger partial charge in [0.1, 0.15) is 6.33 Å². The van der Waals surface area contributed by atoms with Gasteiger partial charge in [0.05, 0.1) is 6.54 Å². The summed E-state index contributed by atoms with van der Waals surface area (Å²) in [5.41, 5.74) is 1.40. The fourth-order valence-corrected chi connectivity index (χ4v) is 3.04. The molecule has 0 aliphatic carbocycles. The third kappa shape index (κ3) is 2.66. The molecule has 1 aliphatic heterocycles. The summed E-state index contributed by atoms with van der Waals surface area (Å²) in [5, 5.41) is 11.7. The Morgan fingerprint density at radius 2 is 1.92 bits per heavy atom. The van der Waals surface area contributed by atoms with Gasteiger partial charge >= 0.3 is 0 Å². The minimum absolute atomic E-state index is 0.0714. The second-order valence-corrected chi connectivity index (χ2v) is 7.38. The fourth-order valence-electron chi connectivity index (χ4n) is 3.04. The highest BCUT2D eigenvalue weighted by molar-refractivity contribution is 5.81. The molecule has 0 unspecified atom stereocenters. The van der Waals surface area contributed by atoms with E-state index in [1.54, 1.807) is 6.33 Å². The van der Waals surface area contributed by atoms with E-state index >= 15 is 0 Å². The Labute approximate surface area is 143 Å². The van der Waals surface area contributed by atoms with Crippen molar-refractivity contribution in [2.75, 3.05) is 13.6 Å². The first kappa shape index (κ1) is 16.5.